The van der Waals surface area contributed by atoms with E-state index in [9.17, 15) is 4.79 Å². The second-order valence-corrected chi connectivity index (χ2v) is 6.08. The van der Waals surface area contributed by atoms with Gasteiger partial charge in [-0.05, 0) is 30.5 Å². The zero-order chi connectivity index (χ0) is 16.8. The van der Waals surface area contributed by atoms with E-state index in [1.165, 1.54) is 0 Å². The quantitative estimate of drug-likeness (QED) is 0.715. The molecule has 0 aliphatic rings. The molecule has 7 heteroatoms. The van der Waals surface area contributed by atoms with E-state index in [0.29, 0.717) is 16.6 Å². The standard InChI is InChI=1S/C16H24Cl2N2O2.ClH/c1-4-16(5-2,11-6-7-13(17)14(18)8-11)20-15(21)9-12(10-19)22-3;/h6-8,12H,4-5,9-10,19H2,1-3H3,(H,20,21);1H. The van der Waals surface area contributed by atoms with E-state index in [2.05, 4.69) is 5.32 Å². The first kappa shape index (κ1) is 22.5. The van der Waals surface area contributed by atoms with Gasteiger partial charge in [-0.25, -0.2) is 0 Å². The van der Waals surface area contributed by atoms with Crippen molar-refractivity contribution in [1.29, 1.82) is 0 Å². The first-order chi connectivity index (χ1) is 10.4. The molecule has 0 fully saturated rings. The van der Waals surface area contributed by atoms with E-state index in [1.54, 1.807) is 13.2 Å². The molecule has 1 rings (SSSR count). The lowest BCUT2D eigenvalue weighted by atomic mass is 9.84. The van der Waals surface area contributed by atoms with E-state index in [4.69, 9.17) is 33.7 Å². The summed E-state index contributed by atoms with van der Waals surface area (Å²) in [7, 11) is 1.55. The summed E-state index contributed by atoms with van der Waals surface area (Å²) in [5.41, 5.74) is 6.04. The fourth-order valence-electron chi connectivity index (χ4n) is 2.49. The molecule has 3 N–H and O–H groups in total. The molecule has 0 aliphatic carbocycles. The predicted molar refractivity (Wildman–Crippen MR) is 98.6 cm³/mol. The predicted octanol–water partition coefficient (Wildman–Crippen LogP) is 3.91. The minimum absolute atomic E-state index is 0. The molecule has 132 valence electrons. The molecular weight excluding hydrogens is 359 g/mol. The molecule has 0 heterocycles. The summed E-state index contributed by atoms with van der Waals surface area (Å²) in [4.78, 5) is 12.3. The topological polar surface area (TPSA) is 64.4 Å². The number of hydrogen-bond donors (Lipinski definition) is 2. The van der Waals surface area contributed by atoms with Crippen molar-refractivity contribution < 1.29 is 9.53 Å². The molecule has 1 unspecified atom stereocenters. The zero-order valence-corrected chi connectivity index (χ0v) is 16.0. The van der Waals surface area contributed by atoms with Gasteiger partial charge in [0.1, 0.15) is 0 Å². The van der Waals surface area contributed by atoms with Crippen LogP contribution in [-0.2, 0) is 15.1 Å². The largest absolute Gasteiger partial charge is 0.380 e. The summed E-state index contributed by atoms with van der Waals surface area (Å²) in [6.45, 7) is 4.37. The molecule has 23 heavy (non-hydrogen) atoms. The number of amides is 1. The number of nitrogens with two attached hydrogens (primary N) is 1. The highest BCUT2D eigenvalue weighted by Crippen LogP contribution is 2.33. The molecule has 0 bridgehead atoms. The van der Waals surface area contributed by atoms with Crippen LogP contribution in [0.3, 0.4) is 0 Å². The Morgan fingerprint density at radius 3 is 2.35 bits per heavy atom. The number of nitrogens with one attached hydrogen (secondary N) is 1. The summed E-state index contributed by atoms with van der Waals surface area (Å²) in [6, 6.07) is 5.47. The number of methoxy groups -OCH3 is 1. The third-order valence-corrected chi connectivity index (χ3v) is 4.81. The van der Waals surface area contributed by atoms with Gasteiger partial charge >= 0.3 is 0 Å². The van der Waals surface area contributed by atoms with Gasteiger partial charge < -0.3 is 15.8 Å². The fraction of sp³-hybridized carbons (Fsp3) is 0.562. The summed E-state index contributed by atoms with van der Waals surface area (Å²) in [5, 5.41) is 4.10. The number of hydrogen-bond acceptors (Lipinski definition) is 3. The average molecular weight is 384 g/mol. The van der Waals surface area contributed by atoms with Gasteiger partial charge in [0.15, 0.2) is 0 Å². The summed E-state index contributed by atoms with van der Waals surface area (Å²) in [6.07, 6.45) is 1.44. The Morgan fingerprint density at radius 1 is 1.30 bits per heavy atom. The van der Waals surface area contributed by atoms with Gasteiger partial charge in [0.05, 0.1) is 28.1 Å². The third kappa shape index (κ3) is 5.80. The van der Waals surface area contributed by atoms with Gasteiger partial charge in [-0.2, -0.15) is 0 Å². The lowest BCUT2D eigenvalue weighted by Crippen LogP contribution is -2.46. The Morgan fingerprint density at radius 2 is 1.91 bits per heavy atom. The monoisotopic (exact) mass is 382 g/mol. The number of rotatable bonds is 8. The number of carbonyl (C=O) groups excluding carboxylic acids is 1. The highest BCUT2D eigenvalue weighted by Gasteiger charge is 2.31. The van der Waals surface area contributed by atoms with Crippen LogP contribution in [0.15, 0.2) is 18.2 Å². The average Bonchev–Trinajstić information content (AvgIpc) is 2.53. The third-order valence-electron chi connectivity index (χ3n) is 4.07. The van der Waals surface area contributed by atoms with Gasteiger partial charge in [-0.15, -0.1) is 12.4 Å². The van der Waals surface area contributed by atoms with Crippen molar-refractivity contribution in [2.45, 2.75) is 44.8 Å². The van der Waals surface area contributed by atoms with Gasteiger partial charge in [0, 0.05) is 13.7 Å². The van der Waals surface area contributed by atoms with Crippen LogP contribution < -0.4 is 11.1 Å². The molecule has 0 spiro atoms. The lowest BCUT2D eigenvalue weighted by molar-refractivity contribution is -0.125. The number of halogens is 3. The summed E-state index contributed by atoms with van der Waals surface area (Å²) >= 11 is 12.1. The van der Waals surface area contributed by atoms with E-state index < -0.39 is 5.54 Å². The smallest absolute Gasteiger partial charge is 0.223 e. The lowest BCUT2D eigenvalue weighted by Gasteiger charge is -2.34. The van der Waals surface area contributed by atoms with Gasteiger partial charge in [-0.3, -0.25) is 4.79 Å². The Labute approximate surface area is 154 Å². The first-order valence-corrected chi connectivity index (χ1v) is 8.17. The molecule has 1 aromatic rings. The summed E-state index contributed by atoms with van der Waals surface area (Å²) in [5.74, 6) is -0.0907. The molecule has 1 aromatic carbocycles. The van der Waals surface area contributed by atoms with Gasteiger partial charge in [-0.1, -0.05) is 43.1 Å². The number of benzene rings is 1. The SMILES string of the molecule is CCC(CC)(NC(=O)CC(CN)OC)c1ccc(Cl)c(Cl)c1.Cl. The molecular formula is C16H25Cl3N2O2. The molecule has 1 amide bonds. The molecule has 0 aromatic heterocycles. The molecule has 4 nitrogen and oxygen atoms in total. The second-order valence-electron chi connectivity index (χ2n) is 5.26. The van der Waals surface area contributed by atoms with Crippen LogP contribution in [0.25, 0.3) is 0 Å². The fourth-order valence-corrected chi connectivity index (χ4v) is 2.79. The molecule has 0 saturated heterocycles. The first-order valence-electron chi connectivity index (χ1n) is 7.41. The number of carbonyl (C=O) groups is 1. The maximum atomic E-state index is 12.3. The van der Waals surface area contributed by atoms with Crippen molar-refractivity contribution in [3.63, 3.8) is 0 Å². The van der Waals surface area contributed by atoms with Crippen LogP contribution >= 0.6 is 35.6 Å². The van der Waals surface area contributed by atoms with Gasteiger partial charge in [0.25, 0.3) is 0 Å². The molecule has 0 radical (unpaired) electrons. The second kappa shape index (κ2) is 10.4. The van der Waals surface area contributed by atoms with Crippen LogP contribution in [0.2, 0.25) is 10.0 Å². The van der Waals surface area contributed by atoms with Crippen molar-refractivity contribution in [3.05, 3.63) is 33.8 Å². The van der Waals surface area contributed by atoms with E-state index in [0.717, 1.165) is 18.4 Å². The van der Waals surface area contributed by atoms with Crippen LogP contribution in [0.1, 0.15) is 38.7 Å². The van der Waals surface area contributed by atoms with Crippen molar-refractivity contribution in [1.82, 2.24) is 5.32 Å². The summed E-state index contributed by atoms with van der Waals surface area (Å²) < 4.78 is 5.17. The van der Waals surface area contributed by atoms with Crippen LogP contribution in [0.5, 0.6) is 0 Å². The van der Waals surface area contributed by atoms with Gasteiger partial charge in [0.2, 0.25) is 5.91 Å². The van der Waals surface area contributed by atoms with Crippen LogP contribution in [0, 0.1) is 0 Å². The Bertz CT molecular complexity index is 504. The van der Waals surface area contributed by atoms with Crippen molar-refractivity contribution in [2.24, 2.45) is 5.73 Å². The number of ether oxygens (including phenoxy) is 1. The molecule has 0 saturated carbocycles. The van der Waals surface area contributed by atoms with E-state index >= 15 is 0 Å². The highest BCUT2D eigenvalue weighted by atomic mass is 35.5. The maximum absolute atomic E-state index is 12.3. The normalized spacial score (nSPS) is 12.4. The van der Waals surface area contributed by atoms with E-state index in [1.807, 2.05) is 26.0 Å². The molecule has 0 aliphatic heterocycles. The van der Waals surface area contributed by atoms with Crippen LogP contribution in [0.4, 0.5) is 0 Å². The Balaban J connectivity index is 0.00000484. The minimum Gasteiger partial charge on any atom is -0.380 e. The van der Waals surface area contributed by atoms with Crippen molar-refractivity contribution in [2.75, 3.05) is 13.7 Å². The van der Waals surface area contributed by atoms with Crippen molar-refractivity contribution in [3.8, 4) is 0 Å². The highest BCUT2D eigenvalue weighted by molar-refractivity contribution is 6.42. The van der Waals surface area contributed by atoms with E-state index in [-0.39, 0.29) is 30.8 Å². The van der Waals surface area contributed by atoms with Crippen LogP contribution in [-0.4, -0.2) is 25.7 Å². The molecule has 1 atom stereocenters. The minimum atomic E-state index is -0.474. The Hall–Kier alpha value is -0.520. The maximum Gasteiger partial charge on any atom is 0.223 e. The zero-order valence-electron chi connectivity index (χ0n) is 13.7. The Kier molecular flexibility index (Phi) is 10.1. The van der Waals surface area contributed by atoms with Crippen molar-refractivity contribution >= 4 is 41.5 Å².